The van der Waals surface area contributed by atoms with Crippen molar-refractivity contribution in [2.45, 2.75) is 44.9 Å². The van der Waals surface area contributed by atoms with E-state index in [0.29, 0.717) is 31.5 Å². The van der Waals surface area contributed by atoms with Crippen molar-refractivity contribution < 1.29 is 22.8 Å². The van der Waals surface area contributed by atoms with E-state index in [-0.39, 0.29) is 0 Å². The molecule has 2 aromatic rings. The van der Waals surface area contributed by atoms with Crippen LogP contribution in [0.25, 0.3) is 0 Å². The molecule has 0 unspecified atom stereocenters. The summed E-state index contributed by atoms with van der Waals surface area (Å²) in [7, 11) is 0. The van der Waals surface area contributed by atoms with Gasteiger partial charge in [-0.1, -0.05) is 17.3 Å². The summed E-state index contributed by atoms with van der Waals surface area (Å²) in [5.41, 5.74) is 0.409. The molecule has 142 valence electrons. The van der Waals surface area contributed by atoms with E-state index in [9.17, 15) is 18.3 Å². The van der Waals surface area contributed by atoms with E-state index in [1.807, 2.05) is 13.8 Å². The summed E-state index contributed by atoms with van der Waals surface area (Å²) >= 11 is 0. The quantitative estimate of drug-likeness (QED) is 0.891. The maximum atomic E-state index is 12.9. The van der Waals surface area contributed by atoms with Gasteiger partial charge >= 0.3 is 6.18 Å². The van der Waals surface area contributed by atoms with E-state index < -0.39 is 17.3 Å². The molecule has 1 N–H and O–H groups in total. The first-order valence-electron chi connectivity index (χ1n) is 8.73. The number of aromatic nitrogens is 1. The van der Waals surface area contributed by atoms with Crippen LogP contribution < -0.4 is 0 Å². The minimum Gasteiger partial charge on any atom is -0.385 e. The molecule has 1 saturated heterocycles. The maximum absolute atomic E-state index is 12.9. The predicted molar refractivity (Wildman–Crippen MR) is 90.7 cm³/mol. The highest BCUT2D eigenvalue weighted by molar-refractivity contribution is 5.30. The highest BCUT2D eigenvalue weighted by Gasteiger charge is 2.37. The lowest BCUT2D eigenvalue weighted by atomic mass is 9.83. The Morgan fingerprint density at radius 3 is 2.50 bits per heavy atom. The molecule has 1 aromatic carbocycles. The largest absolute Gasteiger partial charge is 0.416 e. The normalized spacial score (nSPS) is 18.2. The lowest BCUT2D eigenvalue weighted by molar-refractivity contribution is -0.137. The Balaban J connectivity index is 1.62. The van der Waals surface area contributed by atoms with Crippen LogP contribution in [-0.2, 0) is 18.2 Å². The zero-order chi connectivity index (χ0) is 18.9. The van der Waals surface area contributed by atoms with Gasteiger partial charge in [-0.2, -0.15) is 13.2 Å². The average molecular weight is 368 g/mol. The van der Waals surface area contributed by atoms with Crippen molar-refractivity contribution in [3.63, 3.8) is 0 Å². The molecular weight excluding hydrogens is 345 g/mol. The molecule has 2 heterocycles. The molecule has 0 saturated carbocycles. The van der Waals surface area contributed by atoms with Gasteiger partial charge in [0.2, 0.25) is 0 Å². The Kier molecular flexibility index (Phi) is 5.12. The molecule has 1 aliphatic rings. The summed E-state index contributed by atoms with van der Waals surface area (Å²) in [5.74, 6) is 0.819. The number of rotatable bonds is 4. The fourth-order valence-corrected chi connectivity index (χ4v) is 3.55. The molecule has 1 aliphatic heterocycles. The zero-order valence-corrected chi connectivity index (χ0v) is 14.9. The van der Waals surface area contributed by atoms with Gasteiger partial charge < -0.3 is 14.5 Å². The van der Waals surface area contributed by atoms with Crippen molar-refractivity contribution in [2.75, 3.05) is 19.6 Å². The summed E-state index contributed by atoms with van der Waals surface area (Å²) in [6.45, 7) is 5.88. The number of aliphatic hydroxyl groups is 1. The van der Waals surface area contributed by atoms with Gasteiger partial charge in [0.1, 0.15) is 5.76 Å². The third-order valence-corrected chi connectivity index (χ3v) is 5.27. The summed E-state index contributed by atoms with van der Waals surface area (Å²) in [5, 5.41) is 14.8. The van der Waals surface area contributed by atoms with Crippen molar-refractivity contribution >= 4 is 0 Å². The standard InChI is InChI=1S/C19H23F3N2O2/c1-13-17(14(2)26-23-13)6-9-24-10-7-18(25,8-11-24)15-4-3-5-16(12-15)19(20,21)22/h3-5,12,25H,6-11H2,1-2H3. The summed E-state index contributed by atoms with van der Waals surface area (Å²) in [4.78, 5) is 2.22. The summed E-state index contributed by atoms with van der Waals surface area (Å²) in [6, 6.07) is 5.04. The fourth-order valence-electron chi connectivity index (χ4n) is 3.55. The maximum Gasteiger partial charge on any atom is 0.416 e. The Hall–Kier alpha value is -1.86. The number of benzene rings is 1. The second kappa shape index (κ2) is 7.04. The number of hydrogen-bond acceptors (Lipinski definition) is 4. The number of aryl methyl sites for hydroxylation is 2. The number of nitrogens with zero attached hydrogens (tertiary/aromatic N) is 2. The van der Waals surface area contributed by atoms with E-state index in [0.717, 1.165) is 42.1 Å². The first kappa shape index (κ1) is 18.9. The predicted octanol–water partition coefficient (Wildman–Crippen LogP) is 3.84. The molecule has 1 aromatic heterocycles. The van der Waals surface area contributed by atoms with Gasteiger partial charge in [0.05, 0.1) is 16.9 Å². The number of hydrogen-bond donors (Lipinski definition) is 1. The third kappa shape index (κ3) is 3.94. The highest BCUT2D eigenvalue weighted by Crippen LogP contribution is 2.36. The monoisotopic (exact) mass is 368 g/mol. The van der Waals surface area contributed by atoms with Gasteiger partial charge in [0.25, 0.3) is 0 Å². The number of piperidine rings is 1. The van der Waals surface area contributed by atoms with Gasteiger partial charge in [-0.05, 0) is 50.8 Å². The molecule has 0 spiro atoms. The van der Waals surface area contributed by atoms with Gasteiger partial charge in [-0.25, -0.2) is 0 Å². The highest BCUT2D eigenvalue weighted by atomic mass is 19.4. The summed E-state index contributed by atoms with van der Waals surface area (Å²) < 4.78 is 43.9. The molecule has 0 radical (unpaired) electrons. The Morgan fingerprint density at radius 2 is 1.92 bits per heavy atom. The summed E-state index contributed by atoms with van der Waals surface area (Å²) in [6.07, 6.45) is -2.77. The van der Waals surface area contributed by atoms with Crippen LogP contribution in [0.5, 0.6) is 0 Å². The Bertz CT molecular complexity index is 743. The van der Waals surface area contributed by atoms with Crippen LogP contribution in [0.15, 0.2) is 28.8 Å². The molecule has 3 rings (SSSR count). The SMILES string of the molecule is Cc1noc(C)c1CCN1CCC(O)(c2cccc(C(F)(F)F)c2)CC1. The van der Waals surface area contributed by atoms with Crippen LogP contribution >= 0.6 is 0 Å². The van der Waals surface area contributed by atoms with Crippen LogP contribution in [0, 0.1) is 13.8 Å². The van der Waals surface area contributed by atoms with Crippen LogP contribution in [0.1, 0.15) is 41.0 Å². The minimum atomic E-state index is -4.40. The van der Waals surface area contributed by atoms with Crippen molar-refractivity contribution in [2.24, 2.45) is 0 Å². The fraction of sp³-hybridized carbons (Fsp3) is 0.526. The second-order valence-corrected chi connectivity index (χ2v) is 7.00. The van der Waals surface area contributed by atoms with Gasteiger partial charge in [-0.15, -0.1) is 0 Å². The van der Waals surface area contributed by atoms with Crippen molar-refractivity contribution in [3.8, 4) is 0 Å². The molecule has 0 atom stereocenters. The van der Waals surface area contributed by atoms with Crippen molar-refractivity contribution in [3.05, 3.63) is 52.4 Å². The molecule has 0 aliphatic carbocycles. The Labute approximate surface area is 150 Å². The van der Waals surface area contributed by atoms with Crippen LogP contribution in [0.3, 0.4) is 0 Å². The number of alkyl halides is 3. The first-order chi connectivity index (χ1) is 12.2. The lowest BCUT2D eigenvalue weighted by Gasteiger charge is -2.38. The molecule has 4 nitrogen and oxygen atoms in total. The molecule has 0 amide bonds. The topological polar surface area (TPSA) is 49.5 Å². The molecule has 7 heteroatoms. The molecule has 1 fully saturated rings. The van der Waals surface area contributed by atoms with Crippen molar-refractivity contribution in [1.82, 2.24) is 10.1 Å². The molecule has 0 bridgehead atoms. The minimum absolute atomic E-state index is 0.345. The van der Waals surface area contributed by atoms with Gasteiger partial charge in [0, 0.05) is 25.2 Å². The number of halogens is 3. The van der Waals surface area contributed by atoms with Crippen LogP contribution in [-0.4, -0.2) is 34.8 Å². The average Bonchev–Trinajstić information content (AvgIpc) is 2.92. The van der Waals surface area contributed by atoms with E-state index in [1.54, 1.807) is 6.07 Å². The van der Waals surface area contributed by atoms with Crippen LogP contribution in [0.2, 0.25) is 0 Å². The third-order valence-electron chi connectivity index (χ3n) is 5.27. The number of likely N-dealkylation sites (tertiary alicyclic amines) is 1. The van der Waals surface area contributed by atoms with Crippen LogP contribution in [0.4, 0.5) is 13.2 Å². The van der Waals surface area contributed by atoms with Crippen molar-refractivity contribution in [1.29, 1.82) is 0 Å². The van der Waals surface area contributed by atoms with E-state index in [4.69, 9.17) is 4.52 Å². The molecular formula is C19H23F3N2O2. The second-order valence-electron chi connectivity index (χ2n) is 7.00. The zero-order valence-electron chi connectivity index (χ0n) is 14.9. The van der Waals surface area contributed by atoms with Gasteiger partial charge in [0.15, 0.2) is 0 Å². The first-order valence-corrected chi connectivity index (χ1v) is 8.73. The Morgan fingerprint density at radius 1 is 1.23 bits per heavy atom. The van der Waals surface area contributed by atoms with Gasteiger partial charge in [-0.3, -0.25) is 0 Å². The molecule has 26 heavy (non-hydrogen) atoms. The van der Waals surface area contributed by atoms with E-state index >= 15 is 0 Å². The smallest absolute Gasteiger partial charge is 0.385 e. The van der Waals surface area contributed by atoms with E-state index in [2.05, 4.69) is 10.1 Å². The van der Waals surface area contributed by atoms with E-state index in [1.165, 1.54) is 6.07 Å². The lowest BCUT2D eigenvalue weighted by Crippen LogP contribution is -2.43.